The van der Waals surface area contributed by atoms with E-state index in [0.717, 1.165) is 29.2 Å². The van der Waals surface area contributed by atoms with Gasteiger partial charge in [-0.15, -0.1) is 0 Å². The lowest BCUT2D eigenvalue weighted by atomic mass is 10.1. The molecule has 5 heteroatoms. The number of nitrogens with zero attached hydrogens (tertiary/aromatic N) is 1. The van der Waals surface area contributed by atoms with Crippen LogP contribution in [0.3, 0.4) is 0 Å². The molecule has 100 valence electrons. The Labute approximate surface area is 110 Å². The second kappa shape index (κ2) is 5.01. The fourth-order valence-electron chi connectivity index (χ4n) is 2.27. The number of aryl methyl sites for hydroxylation is 1. The van der Waals surface area contributed by atoms with Gasteiger partial charge in [-0.05, 0) is 25.1 Å². The van der Waals surface area contributed by atoms with E-state index in [1.54, 1.807) is 6.07 Å². The molecule has 1 atom stereocenters. The van der Waals surface area contributed by atoms with E-state index in [9.17, 15) is 4.39 Å². The van der Waals surface area contributed by atoms with Gasteiger partial charge < -0.3 is 14.6 Å². The van der Waals surface area contributed by atoms with Gasteiger partial charge in [0.15, 0.2) is 0 Å². The van der Waals surface area contributed by atoms with Crippen LogP contribution in [0.25, 0.3) is 0 Å². The first-order chi connectivity index (χ1) is 9.20. The number of hydrogen-bond acceptors (Lipinski definition) is 4. The van der Waals surface area contributed by atoms with Crippen LogP contribution in [0.5, 0.6) is 5.75 Å². The van der Waals surface area contributed by atoms with Gasteiger partial charge in [0, 0.05) is 31.1 Å². The van der Waals surface area contributed by atoms with Crippen LogP contribution < -0.4 is 10.1 Å². The summed E-state index contributed by atoms with van der Waals surface area (Å²) >= 11 is 0. The molecule has 0 amide bonds. The van der Waals surface area contributed by atoms with Crippen molar-refractivity contribution in [3.8, 4) is 5.75 Å². The molecule has 1 unspecified atom stereocenters. The van der Waals surface area contributed by atoms with E-state index in [0.29, 0.717) is 13.1 Å². The quantitative estimate of drug-likeness (QED) is 0.917. The Morgan fingerprint density at radius 2 is 2.32 bits per heavy atom. The highest BCUT2D eigenvalue weighted by molar-refractivity contribution is 5.37. The molecule has 1 aliphatic heterocycles. The van der Waals surface area contributed by atoms with Gasteiger partial charge in [0.05, 0.1) is 5.69 Å². The molecule has 3 rings (SSSR count). The maximum atomic E-state index is 13.1. The van der Waals surface area contributed by atoms with Crippen molar-refractivity contribution in [2.45, 2.75) is 26.0 Å². The average molecular weight is 262 g/mol. The summed E-state index contributed by atoms with van der Waals surface area (Å²) in [6.07, 6.45) is 0.780. The van der Waals surface area contributed by atoms with Gasteiger partial charge in [-0.3, -0.25) is 0 Å². The molecular weight excluding hydrogens is 247 g/mol. The first kappa shape index (κ1) is 12.2. The van der Waals surface area contributed by atoms with Gasteiger partial charge in [-0.1, -0.05) is 5.16 Å². The van der Waals surface area contributed by atoms with Crippen molar-refractivity contribution >= 4 is 0 Å². The van der Waals surface area contributed by atoms with Crippen LogP contribution >= 0.6 is 0 Å². The SMILES string of the molecule is Cc1cc(CNCC2Cc3cc(F)ccc3O2)no1. The van der Waals surface area contributed by atoms with Gasteiger partial charge in [0.1, 0.15) is 23.4 Å². The zero-order chi connectivity index (χ0) is 13.2. The lowest BCUT2D eigenvalue weighted by Crippen LogP contribution is -2.29. The largest absolute Gasteiger partial charge is 0.488 e. The van der Waals surface area contributed by atoms with E-state index in [1.165, 1.54) is 12.1 Å². The molecular formula is C14H15FN2O2. The number of hydrogen-bond donors (Lipinski definition) is 1. The minimum absolute atomic E-state index is 0.0461. The van der Waals surface area contributed by atoms with Crippen LogP contribution in [0.2, 0.25) is 0 Å². The Morgan fingerprint density at radius 3 is 3.11 bits per heavy atom. The van der Waals surface area contributed by atoms with Crippen LogP contribution in [-0.4, -0.2) is 17.8 Å². The van der Waals surface area contributed by atoms with Gasteiger partial charge in [0.2, 0.25) is 0 Å². The van der Waals surface area contributed by atoms with Crippen LogP contribution in [0.4, 0.5) is 4.39 Å². The molecule has 1 aliphatic rings. The molecule has 0 fully saturated rings. The topological polar surface area (TPSA) is 47.3 Å². The molecule has 0 saturated heterocycles. The number of rotatable bonds is 4. The average Bonchev–Trinajstić information content (AvgIpc) is 2.95. The summed E-state index contributed by atoms with van der Waals surface area (Å²) in [6.45, 7) is 3.20. The van der Waals surface area contributed by atoms with Crippen molar-refractivity contribution in [1.82, 2.24) is 10.5 Å². The second-order valence-corrected chi connectivity index (χ2v) is 4.76. The van der Waals surface area contributed by atoms with E-state index in [4.69, 9.17) is 9.26 Å². The third-order valence-electron chi connectivity index (χ3n) is 3.12. The number of fused-ring (bicyclic) bond motifs is 1. The predicted octanol–water partition coefficient (Wildman–Crippen LogP) is 2.22. The highest BCUT2D eigenvalue weighted by Crippen LogP contribution is 2.28. The summed E-state index contributed by atoms with van der Waals surface area (Å²) in [5, 5.41) is 7.17. The molecule has 0 radical (unpaired) electrons. The third-order valence-corrected chi connectivity index (χ3v) is 3.12. The van der Waals surface area contributed by atoms with Crippen molar-refractivity contribution in [2.24, 2.45) is 0 Å². The van der Waals surface area contributed by atoms with Crippen LogP contribution in [0.1, 0.15) is 17.0 Å². The summed E-state index contributed by atoms with van der Waals surface area (Å²) < 4.78 is 23.8. The molecule has 1 aromatic heterocycles. The van der Waals surface area contributed by atoms with E-state index in [-0.39, 0.29) is 11.9 Å². The van der Waals surface area contributed by atoms with Gasteiger partial charge in [-0.25, -0.2) is 4.39 Å². The van der Waals surface area contributed by atoms with Crippen molar-refractivity contribution in [2.75, 3.05) is 6.54 Å². The molecule has 19 heavy (non-hydrogen) atoms. The van der Waals surface area contributed by atoms with E-state index < -0.39 is 0 Å². The van der Waals surface area contributed by atoms with Gasteiger partial charge >= 0.3 is 0 Å². The Hall–Kier alpha value is -1.88. The van der Waals surface area contributed by atoms with Gasteiger partial charge in [0.25, 0.3) is 0 Å². The van der Waals surface area contributed by atoms with E-state index >= 15 is 0 Å². The first-order valence-electron chi connectivity index (χ1n) is 6.29. The van der Waals surface area contributed by atoms with Crippen molar-refractivity contribution < 1.29 is 13.7 Å². The summed E-state index contributed by atoms with van der Waals surface area (Å²) in [5.74, 6) is 1.37. The lowest BCUT2D eigenvalue weighted by molar-refractivity contribution is 0.226. The summed E-state index contributed by atoms with van der Waals surface area (Å²) in [5.41, 5.74) is 1.81. The maximum Gasteiger partial charge on any atom is 0.133 e. The minimum Gasteiger partial charge on any atom is -0.488 e. The molecule has 1 N–H and O–H groups in total. The number of ether oxygens (including phenoxy) is 1. The molecule has 0 saturated carbocycles. The Balaban J connectivity index is 1.51. The fourth-order valence-corrected chi connectivity index (χ4v) is 2.27. The summed E-state index contributed by atoms with van der Waals surface area (Å²) in [4.78, 5) is 0. The van der Waals surface area contributed by atoms with Crippen molar-refractivity contribution in [3.63, 3.8) is 0 Å². The maximum absolute atomic E-state index is 13.1. The molecule has 4 nitrogen and oxygen atoms in total. The summed E-state index contributed by atoms with van der Waals surface area (Å²) in [7, 11) is 0. The van der Waals surface area contributed by atoms with E-state index in [2.05, 4.69) is 10.5 Å². The highest BCUT2D eigenvalue weighted by atomic mass is 19.1. The molecule has 1 aromatic carbocycles. The summed E-state index contributed by atoms with van der Waals surface area (Å²) in [6, 6.07) is 6.54. The number of benzene rings is 1. The zero-order valence-electron chi connectivity index (χ0n) is 10.6. The normalized spacial score (nSPS) is 17.3. The van der Waals surface area contributed by atoms with Crippen molar-refractivity contribution in [3.05, 3.63) is 47.1 Å². The van der Waals surface area contributed by atoms with Crippen molar-refractivity contribution in [1.29, 1.82) is 0 Å². The Kier molecular flexibility index (Phi) is 3.21. The molecule has 0 bridgehead atoms. The Bertz CT molecular complexity index is 583. The van der Waals surface area contributed by atoms with Crippen LogP contribution in [-0.2, 0) is 13.0 Å². The Morgan fingerprint density at radius 1 is 1.42 bits per heavy atom. The second-order valence-electron chi connectivity index (χ2n) is 4.76. The number of halogens is 1. The highest BCUT2D eigenvalue weighted by Gasteiger charge is 2.22. The molecule has 0 aliphatic carbocycles. The number of nitrogens with one attached hydrogen (secondary N) is 1. The van der Waals surface area contributed by atoms with Crippen LogP contribution in [0.15, 0.2) is 28.8 Å². The standard InChI is InChI=1S/C14H15FN2O2/c1-9-4-12(17-19-9)7-16-8-13-6-10-5-11(15)2-3-14(10)18-13/h2-5,13,16H,6-8H2,1H3. The lowest BCUT2D eigenvalue weighted by Gasteiger charge is -2.10. The van der Waals surface area contributed by atoms with Crippen LogP contribution in [0, 0.1) is 12.7 Å². The van der Waals surface area contributed by atoms with Gasteiger partial charge in [-0.2, -0.15) is 0 Å². The first-order valence-corrected chi connectivity index (χ1v) is 6.29. The zero-order valence-corrected chi connectivity index (χ0v) is 10.6. The molecule has 2 heterocycles. The third kappa shape index (κ3) is 2.76. The number of aromatic nitrogens is 1. The predicted molar refractivity (Wildman–Crippen MR) is 67.5 cm³/mol. The smallest absolute Gasteiger partial charge is 0.133 e. The molecule has 2 aromatic rings. The monoisotopic (exact) mass is 262 g/mol. The molecule has 0 spiro atoms. The minimum atomic E-state index is -0.214. The van der Waals surface area contributed by atoms with E-state index in [1.807, 2.05) is 13.0 Å². The fraction of sp³-hybridized carbons (Fsp3) is 0.357.